The number of ether oxygens (including phenoxy) is 1. The fourth-order valence-electron chi connectivity index (χ4n) is 2.62. The van der Waals surface area contributed by atoms with E-state index in [1.807, 2.05) is 4.90 Å². The number of nitrogens with zero attached hydrogens (tertiary/aromatic N) is 4. The minimum absolute atomic E-state index is 0.223. The Morgan fingerprint density at radius 3 is 2.45 bits per heavy atom. The third kappa shape index (κ3) is 3.95. The van der Waals surface area contributed by atoms with E-state index in [1.54, 1.807) is 0 Å². The van der Waals surface area contributed by atoms with Gasteiger partial charge in [0.05, 0.1) is 6.61 Å². The molecule has 6 nitrogen and oxygen atoms in total. The fraction of sp³-hybridized carbons (Fsp3) is 0.786. The maximum absolute atomic E-state index is 5.75. The van der Waals surface area contributed by atoms with Crippen molar-refractivity contribution in [2.45, 2.75) is 46.0 Å². The summed E-state index contributed by atoms with van der Waals surface area (Å²) in [7, 11) is 0. The molecule has 1 saturated carbocycles. The van der Waals surface area contributed by atoms with Gasteiger partial charge >= 0.3 is 6.01 Å². The van der Waals surface area contributed by atoms with Crippen molar-refractivity contribution in [3.63, 3.8) is 0 Å². The molecule has 20 heavy (non-hydrogen) atoms. The second kappa shape index (κ2) is 7.26. The maximum atomic E-state index is 5.75. The molecule has 6 heteroatoms. The highest BCUT2D eigenvalue weighted by Gasteiger charge is 2.16. The van der Waals surface area contributed by atoms with E-state index < -0.39 is 0 Å². The summed E-state index contributed by atoms with van der Waals surface area (Å²) in [5, 5.41) is 0. The first-order chi connectivity index (χ1) is 9.72. The van der Waals surface area contributed by atoms with Crippen LogP contribution in [0.25, 0.3) is 0 Å². The van der Waals surface area contributed by atoms with Gasteiger partial charge in [-0.15, -0.1) is 0 Å². The molecule has 1 aromatic heterocycles. The second-order valence-electron chi connectivity index (χ2n) is 5.26. The van der Waals surface area contributed by atoms with E-state index in [2.05, 4.69) is 28.8 Å². The summed E-state index contributed by atoms with van der Waals surface area (Å²) < 4.78 is 5.74. The first kappa shape index (κ1) is 14.8. The predicted molar refractivity (Wildman–Crippen MR) is 79.9 cm³/mol. The second-order valence-corrected chi connectivity index (χ2v) is 5.26. The van der Waals surface area contributed by atoms with Gasteiger partial charge < -0.3 is 15.4 Å². The molecule has 0 saturated heterocycles. The zero-order chi connectivity index (χ0) is 14.4. The van der Waals surface area contributed by atoms with Gasteiger partial charge in [-0.2, -0.15) is 15.0 Å². The Balaban J connectivity index is 1.99. The zero-order valence-corrected chi connectivity index (χ0v) is 12.5. The third-order valence-corrected chi connectivity index (χ3v) is 3.84. The van der Waals surface area contributed by atoms with Crippen LogP contribution in [-0.2, 0) is 0 Å². The number of nitrogens with two attached hydrogens (primary N) is 1. The molecule has 1 aliphatic carbocycles. The van der Waals surface area contributed by atoms with E-state index in [-0.39, 0.29) is 5.95 Å². The lowest BCUT2D eigenvalue weighted by Gasteiger charge is -2.22. The molecule has 1 heterocycles. The molecule has 0 amide bonds. The van der Waals surface area contributed by atoms with Crippen LogP contribution in [0.4, 0.5) is 11.9 Å². The van der Waals surface area contributed by atoms with Crippen molar-refractivity contribution in [3.05, 3.63) is 0 Å². The first-order valence-corrected chi connectivity index (χ1v) is 7.62. The quantitative estimate of drug-likeness (QED) is 0.860. The highest BCUT2D eigenvalue weighted by molar-refractivity contribution is 5.35. The van der Waals surface area contributed by atoms with E-state index in [0.29, 0.717) is 24.5 Å². The van der Waals surface area contributed by atoms with Gasteiger partial charge in [0.15, 0.2) is 0 Å². The molecule has 112 valence electrons. The van der Waals surface area contributed by atoms with Crippen molar-refractivity contribution >= 4 is 11.9 Å². The average molecular weight is 279 g/mol. The van der Waals surface area contributed by atoms with Gasteiger partial charge in [-0.3, -0.25) is 0 Å². The molecule has 0 radical (unpaired) electrons. The van der Waals surface area contributed by atoms with Crippen molar-refractivity contribution in [1.29, 1.82) is 0 Å². The first-order valence-electron chi connectivity index (χ1n) is 7.62. The van der Waals surface area contributed by atoms with E-state index >= 15 is 0 Å². The number of aromatic nitrogens is 3. The van der Waals surface area contributed by atoms with Gasteiger partial charge in [0.25, 0.3) is 0 Å². The molecular weight excluding hydrogens is 254 g/mol. The number of nitrogen functional groups attached to an aromatic ring is 1. The summed E-state index contributed by atoms with van der Waals surface area (Å²) in [6, 6.07) is 0.352. The summed E-state index contributed by atoms with van der Waals surface area (Å²) in [5.74, 6) is 1.44. The lowest BCUT2D eigenvalue weighted by Crippen LogP contribution is -2.25. The van der Waals surface area contributed by atoms with Crippen molar-refractivity contribution in [1.82, 2.24) is 15.0 Å². The van der Waals surface area contributed by atoms with Crippen LogP contribution in [0.2, 0.25) is 0 Å². The Morgan fingerprint density at radius 1 is 1.10 bits per heavy atom. The van der Waals surface area contributed by atoms with Crippen molar-refractivity contribution in [2.24, 2.45) is 5.92 Å². The molecule has 0 aromatic carbocycles. The molecule has 1 aromatic rings. The van der Waals surface area contributed by atoms with Crippen molar-refractivity contribution < 1.29 is 4.74 Å². The van der Waals surface area contributed by atoms with Crippen LogP contribution in [0.5, 0.6) is 6.01 Å². The Kier molecular flexibility index (Phi) is 5.38. The highest BCUT2D eigenvalue weighted by atomic mass is 16.5. The largest absolute Gasteiger partial charge is 0.463 e. The van der Waals surface area contributed by atoms with Crippen LogP contribution in [-0.4, -0.2) is 34.6 Å². The van der Waals surface area contributed by atoms with Crippen LogP contribution in [0, 0.1) is 5.92 Å². The van der Waals surface area contributed by atoms with Gasteiger partial charge in [-0.1, -0.05) is 19.3 Å². The van der Waals surface area contributed by atoms with Crippen LogP contribution in [0.3, 0.4) is 0 Å². The topological polar surface area (TPSA) is 77.2 Å². The molecule has 1 aliphatic rings. The molecule has 0 bridgehead atoms. The Bertz CT molecular complexity index is 416. The van der Waals surface area contributed by atoms with Gasteiger partial charge in [0, 0.05) is 13.1 Å². The monoisotopic (exact) mass is 279 g/mol. The van der Waals surface area contributed by atoms with Crippen molar-refractivity contribution in [2.75, 3.05) is 30.3 Å². The Labute approximate surface area is 120 Å². The standard InChI is InChI=1S/C14H25N5O/c1-3-19(4-2)13-16-12(15)17-14(18-13)20-10-11-8-6-5-7-9-11/h11H,3-10H2,1-2H3,(H2,15,16,17,18). The van der Waals surface area contributed by atoms with Gasteiger partial charge in [0.1, 0.15) is 0 Å². The van der Waals surface area contributed by atoms with Crippen LogP contribution < -0.4 is 15.4 Å². The number of anilines is 2. The van der Waals surface area contributed by atoms with E-state index in [9.17, 15) is 0 Å². The predicted octanol–water partition coefficient (Wildman–Crippen LogP) is 2.26. The van der Waals surface area contributed by atoms with Crippen molar-refractivity contribution in [3.8, 4) is 6.01 Å². The van der Waals surface area contributed by atoms with Crippen LogP contribution >= 0.6 is 0 Å². The van der Waals surface area contributed by atoms with Gasteiger partial charge in [0.2, 0.25) is 11.9 Å². The lowest BCUT2D eigenvalue weighted by molar-refractivity contribution is 0.196. The van der Waals surface area contributed by atoms with E-state index in [4.69, 9.17) is 10.5 Å². The summed E-state index contributed by atoms with van der Waals surface area (Å²) in [4.78, 5) is 14.6. The average Bonchev–Trinajstić information content (AvgIpc) is 2.47. The van der Waals surface area contributed by atoms with Gasteiger partial charge in [-0.05, 0) is 32.6 Å². The molecule has 2 rings (SSSR count). The normalized spacial score (nSPS) is 16.1. The smallest absolute Gasteiger partial charge is 0.323 e. The molecule has 0 unspecified atom stereocenters. The van der Waals surface area contributed by atoms with Gasteiger partial charge in [-0.25, -0.2) is 0 Å². The maximum Gasteiger partial charge on any atom is 0.323 e. The number of hydrogen-bond acceptors (Lipinski definition) is 6. The molecular formula is C14H25N5O. The van der Waals surface area contributed by atoms with E-state index in [0.717, 1.165) is 13.1 Å². The molecule has 0 aliphatic heterocycles. The number of hydrogen-bond donors (Lipinski definition) is 1. The SMILES string of the molecule is CCN(CC)c1nc(N)nc(OCC2CCCCC2)n1. The highest BCUT2D eigenvalue weighted by Crippen LogP contribution is 2.24. The molecule has 0 atom stereocenters. The molecule has 2 N–H and O–H groups in total. The number of rotatable bonds is 6. The summed E-state index contributed by atoms with van der Waals surface area (Å²) in [6.07, 6.45) is 6.43. The summed E-state index contributed by atoms with van der Waals surface area (Å²) in [6.45, 7) is 6.48. The minimum atomic E-state index is 0.223. The summed E-state index contributed by atoms with van der Waals surface area (Å²) in [5.41, 5.74) is 5.75. The zero-order valence-electron chi connectivity index (χ0n) is 12.5. The lowest BCUT2D eigenvalue weighted by atomic mass is 9.90. The van der Waals surface area contributed by atoms with Crippen LogP contribution in [0.15, 0.2) is 0 Å². The minimum Gasteiger partial charge on any atom is -0.463 e. The fourth-order valence-corrected chi connectivity index (χ4v) is 2.62. The third-order valence-electron chi connectivity index (χ3n) is 3.84. The Hall–Kier alpha value is -1.59. The van der Waals surface area contributed by atoms with Crippen LogP contribution in [0.1, 0.15) is 46.0 Å². The summed E-state index contributed by atoms with van der Waals surface area (Å²) >= 11 is 0. The Morgan fingerprint density at radius 2 is 1.80 bits per heavy atom. The molecule has 0 spiro atoms. The van der Waals surface area contributed by atoms with E-state index in [1.165, 1.54) is 32.1 Å². The molecule has 1 fully saturated rings.